The number of ether oxygens (including phenoxy) is 1. The number of hydrogen-bond acceptors (Lipinski definition) is 7. The molecule has 3 rings (SSSR count). The van der Waals surface area contributed by atoms with E-state index in [1.54, 1.807) is 19.5 Å². The molecule has 7 heteroatoms. The third kappa shape index (κ3) is 6.31. The topological polar surface area (TPSA) is 109 Å². The molecule has 0 amide bonds. The molecule has 0 aliphatic heterocycles. The van der Waals surface area contributed by atoms with Crippen LogP contribution in [0, 0.1) is 22.7 Å². The van der Waals surface area contributed by atoms with E-state index in [0.717, 1.165) is 24.0 Å². The Morgan fingerprint density at radius 2 is 1.75 bits per heavy atom. The Morgan fingerprint density at radius 1 is 1.03 bits per heavy atom. The summed E-state index contributed by atoms with van der Waals surface area (Å²) in [6.45, 7) is 4.71. The molecular weight excluding hydrogens is 418 g/mol. The first-order chi connectivity index (χ1) is 15.7. The number of nitrogen functional groups attached to an aromatic ring is 1. The van der Waals surface area contributed by atoms with E-state index in [2.05, 4.69) is 22.1 Å². The first-order valence-corrected chi connectivity index (χ1v) is 11.4. The maximum Gasteiger partial charge on any atom is 0.143 e. The van der Waals surface area contributed by atoms with E-state index in [1.807, 2.05) is 50.2 Å². The van der Waals surface area contributed by atoms with Crippen LogP contribution in [0.5, 0.6) is 0 Å². The number of aryl methyl sites for hydroxylation is 1. The number of nitriles is 2. The van der Waals surface area contributed by atoms with Crippen molar-refractivity contribution in [1.29, 1.82) is 10.5 Å². The second-order valence-electron chi connectivity index (χ2n) is 6.59. The number of rotatable bonds is 8. The SMILES string of the molecule is CC.COCCCc1ccc(-c2c(C#N)c(N)nc(SCc3cccnc3)c2C#N)cc1. The number of nitrogens with two attached hydrogens (primary N) is 1. The number of pyridine rings is 2. The highest BCUT2D eigenvalue weighted by molar-refractivity contribution is 7.98. The molecule has 0 radical (unpaired) electrons. The third-order valence-electron chi connectivity index (χ3n) is 4.57. The van der Waals surface area contributed by atoms with Crippen LogP contribution in [0.1, 0.15) is 42.5 Å². The lowest BCUT2D eigenvalue weighted by Gasteiger charge is -2.13. The molecule has 0 saturated carbocycles. The Kier molecular flexibility index (Phi) is 10.2. The summed E-state index contributed by atoms with van der Waals surface area (Å²) < 4.78 is 5.10. The van der Waals surface area contributed by atoms with Gasteiger partial charge in [0.05, 0.1) is 5.56 Å². The molecule has 0 spiro atoms. The molecule has 0 saturated heterocycles. The highest BCUT2D eigenvalue weighted by Gasteiger charge is 2.20. The Labute approximate surface area is 194 Å². The summed E-state index contributed by atoms with van der Waals surface area (Å²) in [4.78, 5) is 8.46. The lowest BCUT2D eigenvalue weighted by Crippen LogP contribution is -2.03. The summed E-state index contributed by atoms with van der Waals surface area (Å²) in [5.74, 6) is 0.725. The summed E-state index contributed by atoms with van der Waals surface area (Å²) in [6, 6.07) is 16.0. The van der Waals surface area contributed by atoms with E-state index in [-0.39, 0.29) is 11.4 Å². The molecule has 1 aromatic carbocycles. The highest BCUT2D eigenvalue weighted by Crippen LogP contribution is 2.36. The van der Waals surface area contributed by atoms with Gasteiger partial charge in [0.2, 0.25) is 0 Å². The summed E-state index contributed by atoms with van der Waals surface area (Å²) in [7, 11) is 1.69. The maximum absolute atomic E-state index is 9.89. The third-order valence-corrected chi connectivity index (χ3v) is 5.62. The predicted molar refractivity (Wildman–Crippen MR) is 129 cm³/mol. The van der Waals surface area contributed by atoms with Crippen LogP contribution in [-0.2, 0) is 16.9 Å². The van der Waals surface area contributed by atoms with Crippen molar-refractivity contribution in [2.75, 3.05) is 19.5 Å². The first kappa shape index (κ1) is 24.9. The van der Waals surface area contributed by atoms with Crippen molar-refractivity contribution in [2.24, 2.45) is 0 Å². The van der Waals surface area contributed by atoms with Crippen molar-refractivity contribution in [3.8, 4) is 23.3 Å². The standard InChI is InChI=1S/C23H21N5OS.C2H6/c1-29-11-3-5-16-6-8-18(9-7-16)21-19(12-24)22(26)28-23(20(21)13-25)30-15-17-4-2-10-27-14-17;1-2/h2,4,6-10,14H,3,5,11,15H2,1H3,(H2,26,28);1-2H3. The smallest absolute Gasteiger partial charge is 0.143 e. The van der Waals surface area contributed by atoms with Crippen LogP contribution >= 0.6 is 11.8 Å². The monoisotopic (exact) mass is 445 g/mol. The van der Waals surface area contributed by atoms with Crippen LogP contribution in [0.15, 0.2) is 53.8 Å². The highest BCUT2D eigenvalue weighted by atomic mass is 32.2. The van der Waals surface area contributed by atoms with Crippen LogP contribution in [0.25, 0.3) is 11.1 Å². The molecule has 164 valence electrons. The Morgan fingerprint density at radius 3 is 2.34 bits per heavy atom. The van der Waals surface area contributed by atoms with E-state index >= 15 is 0 Å². The summed E-state index contributed by atoms with van der Waals surface area (Å²) >= 11 is 1.41. The minimum atomic E-state index is 0.129. The zero-order valence-corrected chi connectivity index (χ0v) is 19.4. The van der Waals surface area contributed by atoms with Crippen LogP contribution in [-0.4, -0.2) is 23.7 Å². The molecule has 6 nitrogen and oxygen atoms in total. The average molecular weight is 446 g/mol. The van der Waals surface area contributed by atoms with Gasteiger partial charge in [-0.2, -0.15) is 10.5 Å². The van der Waals surface area contributed by atoms with E-state index in [0.29, 0.717) is 28.5 Å². The van der Waals surface area contributed by atoms with Crippen molar-refractivity contribution in [3.63, 3.8) is 0 Å². The van der Waals surface area contributed by atoms with E-state index in [1.165, 1.54) is 17.3 Å². The Bertz CT molecular complexity index is 1090. The molecule has 2 aromatic heterocycles. The fourth-order valence-electron chi connectivity index (χ4n) is 3.09. The van der Waals surface area contributed by atoms with Crippen molar-refractivity contribution < 1.29 is 4.74 Å². The molecular formula is C25H27N5OS. The van der Waals surface area contributed by atoms with E-state index in [9.17, 15) is 10.5 Å². The van der Waals surface area contributed by atoms with Crippen LogP contribution in [0.4, 0.5) is 5.82 Å². The fourth-order valence-corrected chi connectivity index (χ4v) is 4.01. The molecule has 2 N–H and O–H groups in total. The molecule has 0 aliphatic rings. The summed E-state index contributed by atoms with van der Waals surface area (Å²) in [5, 5.41) is 20.1. The van der Waals surface area contributed by atoms with Gasteiger partial charge in [-0.1, -0.05) is 44.2 Å². The molecule has 0 aliphatic carbocycles. The van der Waals surface area contributed by atoms with E-state index < -0.39 is 0 Å². The quantitative estimate of drug-likeness (QED) is 0.367. The Hall–Kier alpha value is -3.39. The zero-order chi connectivity index (χ0) is 23.3. The normalized spacial score (nSPS) is 9.91. The number of thioether (sulfide) groups is 1. The largest absolute Gasteiger partial charge is 0.385 e. The average Bonchev–Trinajstić information content (AvgIpc) is 2.85. The van der Waals surface area contributed by atoms with Crippen molar-refractivity contribution >= 4 is 17.6 Å². The summed E-state index contributed by atoms with van der Waals surface area (Å²) in [6.07, 6.45) is 5.31. The molecule has 32 heavy (non-hydrogen) atoms. The van der Waals surface area contributed by atoms with Gasteiger partial charge in [0.25, 0.3) is 0 Å². The molecule has 0 unspecified atom stereocenters. The number of nitrogens with zero attached hydrogens (tertiary/aromatic N) is 4. The Balaban J connectivity index is 0.00000176. The van der Waals surface area contributed by atoms with Gasteiger partial charge in [0, 0.05) is 37.4 Å². The van der Waals surface area contributed by atoms with Gasteiger partial charge in [-0.3, -0.25) is 4.98 Å². The maximum atomic E-state index is 9.89. The zero-order valence-electron chi connectivity index (χ0n) is 18.6. The second kappa shape index (κ2) is 13.1. The van der Waals surface area contributed by atoms with Crippen molar-refractivity contribution in [3.05, 3.63) is 71.0 Å². The summed E-state index contributed by atoms with van der Waals surface area (Å²) in [5.41, 5.74) is 10.2. The van der Waals surface area contributed by atoms with Gasteiger partial charge >= 0.3 is 0 Å². The fraction of sp³-hybridized carbons (Fsp3) is 0.280. The number of aromatic nitrogens is 2. The lowest BCUT2D eigenvalue weighted by atomic mass is 9.95. The molecule has 2 heterocycles. The van der Waals surface area contributed by atoms with Crippen LogP contribution in [0.3, 0.4) is 0 Å². The van der Waals surface area contributed by atoms with Crippen molar-refractivity contribution in [1.82, 2.24) is 9.97 Å². The van der Waals surface area contributed by atoms with Gasteiger partial charge in [-0.25, -0.2) is 4.98 Å². The van der Waals surface area contributed by atoms with Gasteiger partial charge in [0.15, 0.2) is 0 Å². The number of methoxy groups -OCH3 is 1. The van der Waals surface area contributed by atoms with Crippen LogP contribution in [0.2, 0.25) is 0 Å². The molecule has 0 bridgehead atoms. The molecule has 0 fully saturated rings. The minimum Gasteiger partial charge on any atom is -0.385 e. The number of benzene rings is 1. The van der Waals surface area contributed by atoms with Gasteiger partial charge < -0.3 is 10.5 Å². The van der Waals surface area contributed by atoms with Gasteiger partial charge in [-0.15, -0.1) is 11.8 Å². The van der Waals surface area contributed by atoms with E-state index in [4.69, 9.17) is 10.5 Å². The van der Waals surface area contributed by atoms with Crippen LogP contribution < -0.4 is 5.73 Å². The molecule has 0 atom stereocenters. The first-order valence-electron chi connectivity index (χ1n) is 10.4. The van der Waals surface area contributed by atoms with Gasteiger partial charge in [0.1, 0.15) is 28.5 Å². The predicted octanol–water partition coefficient (Wildman–Crippen LogP) is 5.37. The number of anilines is 1. The number of hydrogen-bond donors (Lipinski definition) is 1. The molecule has 3 aromatic rings. The second-order valence-corrected chi connectivity index (χ2v) is 7.56. The lowest BCUT2D eigenvalue weighted by molar-refractivity contribution is 0.195. The van der Waals surface area contributed by atoms with Crippen molar-refractivity contribution in [2.45, 2.75) is 37.5 Å². The van der Waals surface area contributed by atoms with Gasteiger partial charge in [-0.05, 0) is 35.6 Å². The minimum absolute atomic E-state index is 0.129.